The van der Waals surface area contributed by atoms with Gasteiger partial charge in [0.15, 0.2) is 0 Å². The molecule has 2 heterocycles. The highest BCUT2D eigenvalue weighted by atomic mass is 16.2. The van der Waals surface area contributed by atoms with Gasteiger partial charge in [0.1, 0.15) is 0 Å². The molecule has 3 aliphatic rings. The third-order valence-corrected chi connectivity index (χ3v) is 3.83. The second kappa shape index (κ2) is 2.94. The average molecular weight is 195 g/mol. The Hall–Kier alpha value is -0.610. The van der Waals surface area contributed by atoms with Gasteiger partial charge < -0.3 is 5.32 Å². The molecule has 2 aliphatic heterocycles. The van der Waals surface area contributed by atoms with Crippen LogP contribution in [0.3, 0.4) is 0 Å². The lowest BCUT2D eigenvalue weighted by Gasteiger charge is -2.38. The minimum atomic E-state index is 0.166. The molecule has 78 valence electrons. The predicted octanol–water partition coefficient (Wildman–Crippen LogP) is 0.00790. The summed E-state index contributed by atoms with van der Waals surface area (Å²) in [6.07, 6.45) is 5.44. The number of hydrazine groups is 1. The predicted molar refractivity (Wildman–Crippen MR) is 52.5 cm³/mol. The Bertz CT molecular complexity index is 256. The zero-order valence-corrected chi connectivity index (χ0v) is 8.38. The molecule has 1 atom stereocenters. The summed E-state index contributed by atoms with van der Waals surface area (Å²) in [5.41, 5.74) is 3.61. The molecule has 2 N–H and O–H groups in total. The molecule has 3 rings (SSSR count). The first kappa shape index (κ1) is 8.68. The molecule has 14 heavy (non-hydrogen) atoms. The van der Waals surface area contributed by atoms with Crippen LogP contribution >= 0.6 is 0 Å². The molecule has 0 aromatic heterocycles. The molecule has 0 radical (unpaired) electrons. The smallest absolute Gasteiger partial charge is 0.238 e. The van der Waals surface area contributed by atoms with Crippen molar-refractivity contribution in [2.45, 2.75) is 43.7 Å². The molecule has 3 fully saturated rings. The number of nitrogens with zero attached hydrogens (tertiary/aromatic N) is 1. The quantitative estimate of drug-likeness (QED) is 0.619. The zero-order chi connectivity index (χ0) is 9.60. The number of carbonyl (C=O) groups excluding carboxylic acids is 1. The Morgan fingerprint density at radius 2 is 2.29 bits per heavy atom. The van der Waals surface area contributed by atoms with Crippen molar-refractivity contribution in [3.63, 3.8) is 0 Å². The van der Waals surface area contributed by atoms with Gasteiger partial charge in [0.25, 0.3) is 0 Å². The molecule has 0 bridgehead atoms. The largest absolute Gasteiger partial charge is 0.315 e. The van der Waals surface area contributed by atoms with Crippen molar-refractivity contribution in [3.05, 3.63) is 0 Å². The summed E-state index contributed by atoms with van der Waals surface area (Å²) in [6, 6.07) is 0.391. The van der Waals surface area contributed by atoms with Crippen molar-refractivity contribution in [3.8, 4) is 0 Å². The number of carbonyl (C=O) groups is 1. The van der Waals surface area contributed by atoms with Crippen molar-refractivity contribution in [2.24, 2.45) is 0 Å². The Balaban J connectivity index is 1.71. The fourth-order valence-corrected chi connectivity index (χ4v) is 2.78. The van der Waals surface area contributed by atoms with Crippen LogP contribution in [0, 0.1) is 0 Å². The summed E-state index contributed by atoms with van der Waals surface area (Å²) in [6.45, 7) is 2.00. The number of hydrogen-bond donors (Lipinski definition) is 2. The van der Waals surface area contributed by atoms with Crippen LogP contribution in [-0.2, 0) is 4.79 Å². The van der Waals surface area contributed by atoms with Gasteiger partial charge in [0.05, 0.1) is 6.04 Å². The van der Waals surface area contributed by atoms with Gasteiger partial charge >= 0.3 is 0 Å². The van der Waals surface area contributed by atoms with E-state index in [1.807, 2.05) is 5.01 Å². The van der Waals surface area contributed by atoms with Crippen LogP contribution in [-0.4, -0.2) is 35.6 Å². The maximum absolute atomic E-state index is 11.8. The average Bonchev–Trinajstić information content (AvgIpc) is 2.68. The standard InChI is InChI=1S/C10H17N3O/c14-9-6-10(3-1-4-10)12-13(9)8-2-5-11-7-8/h8,11-12H,1-7H2. The second-order valence-electron chi connectivity index (χ2n) is 4.83. The van der Waals surface area contributed by atoms with Crippen molar-refractivity contribution in [1.82, 2.24) is 15.8 Å². The molecule has 1 saturated carbocycles. The van der Waals surface area contributed by atoms with Crippen LogP contribution < -0.4 is 10.7 Å². The monoisotopic (exact) mass is 195 g/mol. The van der Waals surface area contributed by atoms with E-state index in [0.717, 1.165) is 25.9 Å². The van der Waals surface area contributed by atoms with E-state index < -0.39 is 0 Å². The van der Waals surface area contributed by atoms with Crippen LogP contribution in [0.5, 0.6) is 0 Å². The van der Waals surface area contributed by atoms with Crippen LogP contribution in [0.15, 0.2) is 0 Å². The lowest BCUT2D eigenvalue weighted by Crippen LogP contribution is -2.54. The maximum atomic E-state index is 11.8. The minimum Gasteiger partial charge on any atom is -0.315 e. The Kier molecular flexibility index (Phi) is 1.82. The van der Waals surface area contributed by atoms with E-state index in [9.17, 15) is 4.79 Å². The van der Waals surface area contributed by atoms with Crippen LogP contribution in [0.2, 0.25) is 0 Å². The summed E-state index contributed by atoms with van der Waals surface area (Å²) < 4.78 is 0. The lowest BCUT2D eigenvalue weighted by molar-refractivity contribution is -0.131. The van der Waals surface area contributed by atoms with E-state index in [1.165, 1.54) is 19.3 Å². The fraction of sp³-hybridized carbons (Fsp3) is 0.900. The Morgan fingerprint density at radius 3 is 2.79 bits per heavy atom. The maximum Gasteiger partial charge on any atom is 0.238 e. The zero-order valence-electron chi connectivity index (χ0n) is 8.38. The third-order valence-electron chi connectivity index (χ3n) is 3.83. The molecule has 2 saturated heterocycles. The molecule has 1 aliphatic carbocycles. The number of rotatable bonds is 1. The second-order valence-corrected chi connectivity index (χ2v) is 4.83. The van der Waals surface area contributed by atoms with Crippen molar-refractivity contribution < 1.29 is 4.79 Å². The van der Waals surface area contributed by atoms with Gasteiger partial charge in [-0.05, 0) is 32.2 Å². The fourth-order valence-electron chi connectivity index (χ4n) is 2.78. The third kappa shape index (κ3) is 1.17. The topological polar surface area (TPSA) is 44.4 Å². The van der Waals surface area contributed by atoms with Crippen LogP contribution in [0.4, 0.5) is 0 Å². The van der Waals surface area contributed by atoms with Crippen molar-refractivity contribution in [2.75, 3.05) is 13.1 Å². The molecular weight excluding hydrogens is 178 g/mol. The summed E-state index contributed by atoms with van der Waals surface area (Å²) in [5.74, 6) is 0.304. The van der Waals surface area contributed by atoms with E-state index >= 15 is 0 Å². The van der Waals surface area contributed by atoms with E-state index in [-0.39, 0.29) is 5.54 Å². The van der Waals surface area contributed by atoms with Crippen molar-refractivity contribution in [1.29, 1.82) is 0 Å². The van der Waals surface area contributed by atoms with E-state index in [2.05, 4.69) is 10.7 Å². The molecular formula is C10H17N3O. The summed E-state index contributed by atoms with van der Waals surface area (Å²) in [7, 11) is 0. The van der Waals surface area contributed by atoms with Gasteiger partial charge in [0.2, 0.25) is 5.91 Å². The summed E-state index contributed by atoms with van der Waals surface area (Å²) >= 11 is 0. The van der Waals surface area contributed by atoms with E-state index in [1.54, 1.807) is 0 Å². The van der Waals surface area contributed by atoms with Gasteiger partial charge in [-0.25, -0.2) is 5.43 Å². The van der Waals surface area contributed by atoms with Gasteiger partial charge in [-0.2, -0.15) is 0 Å². The number of hydrogen-bond acceptors (Lipinski definition) is 3. The van der Waals surface area contributed by atoms with Gasteiger partial charge in [-0.1, -0.05) is 0 Å². The molecule has 4 nitrogen and oxygen atoms in total. The van der Waals surface area contributed by atoms with Gasteiger partial charge in [0, 0.05) is 18.5 Å². The first-order chi connectivity index (χ1) is 6.79. The molecule has 1 amide bonds. The highest BCUT2D eigenvalue weighted by molar-refractivity contribution is 5.80. The van der Waals surface area contributed by atoms with Gasteiger partial charge in [-0.15, -0.1) is 0 Å². The SMILES string of the molecule is O=C1CC2(CCC2)NN1C1CCNC1. The molecule has 0 aromatic carbocycles. The minimum absolute atomic E-state index is 0.166. The number of nitrogens with one attached hydrogen (secondary N) is 2. The first-order valence-corrected chi connectivity index (χ1v) is 5.60. The Morgan fingerprint density at radius 1 is 1.43 bits per heavy atom. The highest BCUT2D eigenvalue weighted by Crippen LogP contribution is 2.39. The molecule has 1 unspecified atom stereocenters. The summed E-state index contributed by atoms with van der Waals surface area (Å²) in [4.78, 5) is 11.8. The van der Waals surface area contributed by atoms with Crippen LogP contribution in [0.25, 0.3) is 0 Å². The first-order valence-electron chi connectivity index (χ1n) is 5.60. The van der Waals surface area contributed by atoms with Gasteiger partial charge in [-0.3, -0.25) is 9.80 Å². The lowest BCUT2D eigenvalue weighted by atomic mass is 9.76. The van der Waals surface area contributed by atoms with E-state index in [4.69, 9.17) is 0 Å². The molecule has 0 aromatic rings. The van der Waals surface area contributed by atoms with Crippen molar-refractivity contribution >= 4 is 5.91 Å². The molecule has 1 spiro atoms. The van der Waals surface area contributed by atoms with Crippen LogP contribution in [0.1, 0.15) is 32.1 Å². The van der Waals surface area contributed by atoms with E-state index in [0.29, 0.717) is 11.9 Å². The number of amides is 1. The molecule has 4 heteroatoms. The normalized spacial score (nSPS) is 35.3. The Labute approximate surface area is 84.0 Å². The summed E-state index contributed by atoms with van der Waals surface area (Å²) in [5, 5.41) is 5.20. The highest BCUT2D eigenvalue weighted by Gasteiger charge is 2.48.